The average molecular weight is 683 g/mol. The molecule has 53 heavy (non-hydrogen) atoms. The van der Waals surface area contributed by atoms with Crippen LogP contribution in [0.15, 0.2) is 146 Å². The van der Waals surface area contributed by atoms with Crippen LogP contribution in [-0.4, -0.2) is 19.5 Å². The zero-order chi connectivity index (χ0) is 34.7. The third-order valence-electron chi connectivity index (χ3n) is 13.4. The Kier molecular flexibility index (Phi) is 6.20. The fraction of sp³-hybridized carbons (Fsp3) is 0.204. The van der Waals surface area contributed by atoms with Crippen molar-refractivity contribution in [2.45, 2.75) is 37.5 Å². The van der Waals surface area contributed by atoms with Gasteiger partial charge in [-0.25, -0.2) is 15.0 Å². The maximum absolute atomic E-state index is 5.07. The first-order chi connectivity index (χ1) is 26.2. The lowest BCUT2D eigenvalue weighted by Crippen LogP contribution is -2.55. The van der Waals surface area contributed by atoms with E-state index in [1.807, 2.05) is 36.4 Å². The third-order valence-corrected chi connectivity index (χ3v) is 13.4. The van der Waals surface area contributed by atoms with Crippen LogP contribution in [0.4, 0.5) is 0 Å². The summed E-state index contributed by atoms with van der Waals surface area (Å²) >= 11 is 0. The van der Waals surface area contributed by atoms with Gasteiger partial charge in [-0.3, -0.25) is 0 Å². The van der Waals surface area contributed by atoms with Gasteiger partial charge in [0.1, 0.15) is 0 Å². The molecule has 5 aliphatic carbocycles. The topological polar surface area (TPSA) is 43.6 Å². The number of hydrogen-bond donors (Lipinski definition) is 0. The molecule has 2 heterocycles. The predicted molar refractivity (Wildman–Crippen MR) is 214 cm³/mol. The van der Waals surface area contributed by atoms with Crippen LogP contribution in [0.5, 0.6) is 0 Å². The summed E-state index contributed by atoms with van der Waals surface area (Å²) in [5.41, 5.74) is 12.8. The molecule has 2 aromatic heterocycles. The van der Waals surface area contributed by atoms with Gasteiger partial charge in [0.05, 0.1) is 11.0 Å². The molecule has 4 nitrogen and oxygen atoms in total. The molecule has 0 radical (unpaired) electrons. The largest absolute Gasteiger partial charge is 0.309 e. The number of hydrogen-bond acceptors (Lipinski definition) is 3. The molecule has 8 aromatic rings. The Morgan fingerprint density at radius 3 is 1.75 bits per heavy atom. The average Bonchev–Trinajstić information content (AvgIpc) is 3.71. The fourth-order valence-electron chi connectivity index (χ4n) is 11.7. The van der Waals surface area contributed by atoms with Crippen LogP contribution in [0.1, 0.15) is 43.2 Å². The van der Waals surface area contributed by atoms with E-state index >= 15 is 0 Å². The lowest BCUT2D eigenvalue weighted by molar-refractivity contribution is -0.0399. The first kappa shape index (κ1) is 29.7. The molecule has 0 amide bonds. The second-order valence-corrected chi connectivity index (χ2v) is 16.0. The van der Waals surface area contributed by atoms with Gasteiger partial charge in [0.15, 0.2) is 17.5 Å². The molecule has 1 spiro atoms. The fourth-order valence-corrected chi connectivity index (χ4v) is 11.7. The smallest absolute Gasteiger partial charge is 0.164 e. The number of fused-ring (bicyclic) bond motifs is 7. The number of para-hydroxylation sites is 1. The molecule has 6 aromatic carbocycles. The molecule has 5 aliphatic rings. The Morgan fingerprint density at radius 1 is 0.472 bits per heavy atom. The minimum atomic E-state index is 0.141. The second kappa shape index (κ2) is 11.1. The van der Waals surface area contributed by atoms with E-state index < -0.39 is 0 Å². The van der Waals surface area contributed by atoms with Gasteiger partial charge in [-0.05, 0) is 102 Å². The van der Waals surface area contributed by atoms with Crippen molar-refractivity contribution in [3.8, 4) is 51.0 Å². The van der Waals surface area contributed by atoms with Crippen LogP contribution >= 0.6 is 0 Å². The molecule has 254 valence electrons. The van der Waals surface area contributed by atoms with Gasteiger partial charge in [0.2, 0.25) is 0 Å². The van der Waals surface area contributed by atoms with Gasteiger partial charge >= 0.3 is 0 Å². The maximum Gasteiger partial charge on any atom is 0.164 e. The molecule has 4 heteroatoms. The van der Waals surface area contributed by atoms with Gasteiger partial charge in [-0.1, -0.05) is 121 Å². The summed E-state index contributed by atoms with van der Waals surface area (Å²) < 4.78 is 2.47. The zero-order valence-electron chi connectivity index (χ0n) is 29.5. The van der Waals surface area contributed by atoms with E-state index in [0.29, 0.717) is 17.5 Å². The van der Waals surface area contributed by atoms with Gasteiger partial charge < -0.3 is 4.57 Å². The number of rotatable bonds is 4. The van der Waals surface area contributed by atoms with Crippen LogP contribution < -0.4 is 0 Å². The molecule has 0 saturated heterocycles. The molecule has 0 atom stereocenters. The molecule has 0 aliphatic heterocycles. The van der Waals surface area contributed by atoms with Crippen molar-refractivity contribution in [3.63, 3.8) is 0 Å². The highest BCUT2D eigenvalue weighted by molar-refractivity contribution is 6.18. The first-order valence-electron chi connectivity index (χ1n) is 19.4. The van der Waals surface area contributed by atoms with Crippen LogP contribution in [0, 0.1) is 23.7 Å². The minimum absolute atomic E-state index is 0.141. The van der Waals surface area contributed by atoms with E-state index in [1.165, 1.54) is 65.0 Å². The highest BCUT2D eigenvalue weighted by Crippen LogP contribution is 2.70. The van der Waals surface area contributed by atoms with Crippen molar-refractivity contribution >= 4 is 21.8 Å². The van der Waals surface area contributed by atoms with Crippen molar-refractivity contribution in [2.75, 3.05) is 0 Å². The quantitative estimate of drug-likeness (QED) is 0.186. The monoisotopic (exact) mass is 682 g/mol. The zero-order valence-corrected chi connectivity index (χ0v) is 29.5. The van der Waals surface area contributed by atoms with E-state index in [-0.39, 0.29) is 5.41 Å². The number of benzene rings is 6. The number of nitrogens with zero attached hydrogens (tertiary/aromatic N) is 4. The summed E-state index contributed by atoms with van der Waals surface area (Å²) in [6.07, 6.45) is 7.03. The van der Waals surface area contributed by atoms with Crippen molar-refractivity contribution in [3.05, 3.63) is 157 Å². The molecule has 4 saturated carbocycles. The minimum Gasteiger partial charge on any atom is -0.309 e. The summed E-state index contributed by atoms with van der Waals surface area (Å²) in [7, 11) is 0. The Hall–Kier alpha value is -5.87. The Balaban J connectivity index is 1.07. The molecular formula is C49H38N4. The van der Waals surface area contributed by atoms with E-state index in [0.717, 1.165) is 46.0 Å². The summed E-state index contributed by atoms with van der Waals surface area (Å²) in [6, 6.07) is 52.7. The summed E-state index contributed by atoms with van der Waals surface area (Å²) in [5.74, 6) is 5.34. The van der Waals surface area contributed by atoms with E-state index in [9.17, 15) is 0 Å². The first-order valence-corrected chi connectivity index (χ1v) is 19.4. The maximum atomic E-state index is 5.07. The standard InChI is InChI=1S/C49H38N4/c1-3-12-32(13-4-1)46-50-47(33-14-5-2-6-15-33)52-48(51-46)34-16-11-17-37(29-34)53-42-21-10-8-19-39(42)45-43(53)23-22-41-44(45)38-18-7-9-20-40(38)49(41)35-25-30-24-31(27-35)28-36(49)26-30/h1-23,29-31,35-36H,24-28H2. The van der Waals surface area contributed by atoms with Gasteiger partial charge in [-0.15, -0.1) is 0 Å². The molecule has 13 rings (SSSR count). The lowest BCUT2D eigenvalue weighted by atomic mass is 9.43. The second-order valence-electron chi connectivity index (χ2n) is 16.0. The molecule has 0 N–H and O–H groups in total. The molecule has 4 fully saturated rings. The Bertz CT molecular complexity index is 2660. The normalized spacial score (nSPS) is 23.5. The highest BCUT2D eigenvalue weighted by atomic mass is 15.0. The highest BCUT2D eigenvalue weighted by Gasteiger charge is 2.61. The van der Waals surface area contributed by atoms with Crippen LogP contribution in [-0.2, 0) is 5.41 Å². The van der Waals surface area contributed by atoms with Crippen molar-refractivity contribution in [2.24, 2.45) is 23.7 Å². The van der Waals surface area contributed by atoms with Crippen molar-refractivity contribution in [1.82, 2.24) is 19.5 Å². The lowest BCUT2D eigenvalue weighted by Gasteiger charge is -2.61. The summed E-state index contributed by atoms with van der Waals surface area (Å²) in [4.78, 5) is 15.1. The summed E-state index contributed by atoms with van der Waals surface area (Å²) in [6.45, 7) is 0. The van der Waals surface area contributed by atoms with Crippen LogP contribution in [0.2, 0.25) is 0 Å². The van der Waals surface area contributed by atoms with E-state index in [2.05, 4.69) is 114 Å². The Morgan fingerprint density at radius 2 is 1.06 bits per heavy atom. The molecular weight excluding hydrogens is 645 g/mol. The van der Waals surface area contributed by atoms with Crippen molar-refractivity contribution < 1.29 is 0 Å². The van der Waals surface area contributed by atoms with Crippen LogP contribution in [0.3, 0.4) is 0 Å². The molecule has 0 unspecified atom stereocenters. The number of aromatic nitrogens is 4. The SMILES string of the molecule is c1ccc(-c2nc(-c3ccccc3)nc(-c3cccc(-n4c5ccccc5c5c6c(ccc54)C4(c5ccccc5-6)C5CC6CC(C5)CC4C6)c3)n2)cc1. The van der Waals surface area contributed by atoms with Crippen molar-refractivity contribution in [1.29, 1.82) is 0 Å². The van der Waals surface area contributed by atoms with Gasteiger partial charge in [0.25, 0.3) is 0 Å². The summed E-state index contributed by atoms with van der Waals surface area (Å²) in [5, 5.41) is 2.71. The van der Waals surface area contributed by atoms with Gasteiger partial charge in [0, 0.05) is 38.6 Å². The Labute approximate surface area is 309 Å². The van der Waals surface area contributed by atoms with Crippen LogP contribution in [0.25, 0.3) is 72.8 Å². The predicted octanol–water partition coefficient (Wildman–Crippen LogP) is 11.7. The van der Waals surface area contributed by atoms with E-state index in [4.69, 9.17) is 15.0 Å². The third kappa shape index (κ3) is 4.15. The van der Waals surface area contributed by atoms with Gasteiger partial charge in [-0.2, -0.15) is 0 Å². The molecule has 4 bridgehead atoms. The van der Waals surface area contributed by atoms with E-state index in [1.54, 1.807) is 11.1 Å².